The summed E-state index contributed by atoms with van der Waals surface area (Å²) in [5.74, 6) is 0. The third-order valence-corrected chi connectivity index (χ3v) is 1.16. The standard InChI is InChI=1S/C8H20N2.C2H6/c1-6-9-7(2)10-8(3,4)5;1-2/h7,9-10H,6H2,1-5H3;1-2H3. The molecule has 0 amide bonds. The monoisotopic (exact) mass is 174 g/mol. The van der Waals surface area contributed by atoms with Gasteiger partial charge < -0.3 is 5.32 Å². The highest BCUT2D eigenvalue weighted by atomic mass is 15.1. The summed E-state index contributed by atoms with van der Waals surface area (Å²) in [5, 5.41) is 6.70. The first kappa shape index (κ1) is 14.4. The molecule has 0 aliphatic heterocycles. The molecule has 1 unspecified atom stereocenters. The Morgan fingerprint density at radius 2 is 1.58 bits per heavy atom. The number of nitrogens with one attached hydrogen (secondary N) is 2. The zero-order valence-corrected chi connectivity index (χ0v) is 9.78. The average molecular weight is 174 g/mol. The smallest absolute Gasteiger partial charge is 0.0546 e. The van der Waals surface area contributed by atoms with E-state index >= 15 is 0 Å². The molecule has 0 aromatic carbocycles. The fourth-order valence-electron chi connectivity index (χ4n) is 1.01. The van der Waals surface area contributed by atoms with Gasteiger partial charge >= 0.3 is 0 Å². The molecule has 76 valence electrons. The lowest BCUT2D eigenvalue weighted by Crippen LogP contribution is -2.49. The van der Waals surface area contributed by atoms with Gasteiger partial charge in [0.05, 0.1) is 6.17 Å². The van der Waals surface area contributed by atoms with Crippen LogP contribution in [-0.2, 0) is 0 Å². The molecule has 0 aromatic rings. The van der Waals surface area contributed by atoms with Crippen LogP contribution in [0.4, 0.5) is 0 Å². The van der Waals surface area contributed by atoms with Crippen LogP contribution in [0.2, 0.25) is 0 Å². The topological polar surface area (TPSA) is 24.1 Å². The number of rotatable bonds is 3. The molecule has 0 saturated heterocycles. The van der Waals surface area contributed by atoms with E-state index in [1.165, 1.54) is 0 Å². The van der Waals surface area contributed by atoms with Gasteiger partial charge in [-0.05, 0) is 34.2 Å². The molecule has 12 heavy (non-hydrogen) atoms. The van der Waals surface area contributed by atoms with Crippen molar-refractivity contribution < 1.29 is 0 Å². The summed E-state index contributed by atoms with van der Waals surface area (Å²) in [6.07, 6.45) is 0.407. The van der Waals surface area contributed by atoms with Gasteiger partial charge in [-0.1, -0.05) is 20.8 Å². The fraction of sp³-hybridized carbons (Fsp3) is 1.00. The summed E-state index contributed by atoms with van der Waals surface area (Å²) in [7, 11) is 0. The normalized spacial score (nSPS) is 13.2. The molecule has 2 heteroatoms. The third kappa shape index (κ3) is 12.6. The Morgan fingerprint density at radius 1 is 1.17 bits per heavy atom. The zero-order valence-electron chi connectivity index (χ0n) is 9.78. The van der Waals surface area contributed by atoms with Crippen molar-refractivity contribution in [2.24, 2.45) is 0 Å². The van der Waals surface area contributed by atoms with Crippen LogP contribution in [0, 0.1) is 0 Å². The Morgan fingerprint density at radius 3 is 1.83 bits per heavy atom. The molecule has 1 atom stereocenters. The van der Waals surface area contributed by atoms with Crippen molar-refractivity contribution in [1.29, 1.82) is 0 Å². The van der Waals surface area contributed by atoms with Crippen LogP contribution in [0.5, 0.6) is 0 Å². The van der Waals surface area contributed by atoms with Crippen LogP contribution in [0.3, 0.4) is 0 Å². The van der Waals surface area contributed by atoms with Gasteiger partial charge in [0.2, 0.25) is 0 Å². The molecule has 0 heterocycles. The van der Waals surface area contributed by atoms with Crippen molar-refractivity contribution in [3.8, 4) is 0 Å². The molecule has 0 radical (unpaired) electrons. The number of hydrogen-bond acceptors (Lipinski definition) is 2. The Labute approximate surface area is 78.1 Å². The SMILES string of the molecule is CC.CCNC(C)NC(C)(C)C. The molecule has 0 rings (SSSR count). The Kier molecular flexibility index (Phi) is 9.10. The van der Waals surface area contributed by atoms with Gasteiger partial charge in [-0.2, -0.15) is 0 Å². The summed E-state index contributed by atoms with van der Waals surface area (Å²) in [6, 6.07) is 0. The van der Waals surface area contributed by atoms with Crippen LogP contribution in [0.1, 0.15) is 48.5 Å². The maximum atomic E-state index is 3.41. The zero-order chi connectivity index (χ0) is 10.2. The molecule has 2 nitrogen and oxygen atoms in total. The molecule has 0 fully saturated rings. The van der Waals surface area contributed by atoms with Gasteiger partial charge in [-0.15, -0.1) is 0 Å². The van der Waals surface area contributed by atoms with E-state index in [4.69, 9.17) is 0 Å². The predicted octanol–water partition coefficient (Wildman–Crippen LogP) is 2.36. The van der Waals surface area contributed by atoms with Gasteiger partial charge in [0, 0.05) is 5.54 Å². The second-order valence-corrected chi connectivity index (χ2v) is 3.67. The molecule has 0 saturated carbocycles. The van der Waals surface area contributed by atoms with E-state index in [2.05, 4.69) is 45.3 Å². The lowest BCUT2D eigenvalue weighted by Gasteiger charge is -2.26. The van der Waals surface area contributed by atoms with Crippen molar-refractivity contribution in [2.75, 3.05) is 6.54 Å². The third-order valence-electron chi connectivity index (χ3n) is 1.16. The van der Waals surface area contributed by atoms with Crippen molar-refractivity contribution >= 4 is 0 Å². The van der Waals surface area contributed by atoms with E-state index in [1.54, 1.807) is 0 Å². The van der Waals surface area contributed by atoms with Crippen molar-refractivity contribution in [2.45, 2.75) is 60.2 Å². The first-order chi connectivity index (χ1) is 5.45. The van der Waals surface area contributed by atoms with E-state index in [-0.39, 0.29) is 5.54 Å². The molecule has 0 aliphatic carbocycles. The molecule has 0 aliphatic rings. The van der Waals surface area contributed by atoms with Gasteiger partial charge in [0.25, 0.3) is 0 Å². The highest BCUT2D eigenvalue weighted by Crippen LogP contribution is 1.98. The average Bonchev–Trinajstić information content (AvgIpc) is 1.88. The molecule has 0 spiro atoms. The van der Waals surface area contributed by atoms with Gasteiger partial charge in [0.1, 0.15) is 0 Å². The van der Waals surface area contributed by atoms with Crippen LogP contribution < -0.4 is 10.6 Å². The molecular weight excluding hydrogens is 148 g/mol. The highest BCUT2D eigenvalue weighted by molar-refractivity contribution is 4.73. The Hall–Kier alpha value is -0.0800. The summed E-state index contributed by atoms with van der Waals surface area (Å²) in [4.78, 5) is 0. The minimum Gasteiger partial charge on any atom is -0.302 e. The predicted molar refractivity (Wildman–Crippen MR) is 57.4 cm³/mol. The summed E-state index contributed by atoms with van der Waals surface area (Å²) in [5.41, 5.74) is 0.210. The first-order valence-electron chi connectivity index (χ1n) is 4.97. The van der Waals surface area contributed by atoms with Crippen molar-refractivity contribution in [3.63, 3.8) is 0 Å². The lowest BCUT2D eigenvalue weighted by molar-refractivity contribution is 0.337. The summed E-state index contributed by atoms with van der Waals surface area (Å²) >= 11 is 0. The second-order valence-electron chi connectivity index (χ2n) is 3.67. The summed E-state index contributed by atoms with van der Waals surface area (Å²) < 4.78 is 0. The molecule has 0 aromatic heterocycles. The van der Waals surface area contributed by atoms with E-state index in [0.717, 1.165) is 6.54 Å². The van der Waals surface area contributed by atoms with E-state index in [9.17, 15) is 0 Å². The fourth-order valence-corrected chi connectivity index (χ4v) is 1.01. The lowest BCUT2D eigenvalue weighted by atomic mass is 10.1. The largest absolute Gasteiger partial charge is 0.302 e. The maximum absolute atomic E-state index is 3.41. The highest BCUT2D eigenvalue weighted by Gasteiger charge is 2.11. The Bertz CT molecular complexity index is 84.3. The van der Waals surface area contributed by atoms with Gasteiger partial charge in [-0.3, -0.25) is 5.32 Å². The Balaban J connectivity index is 0. The van der Waals surface area contributed by atoms with Crippen LogP contribution in [-0.4, -0.2) is 18.2 Å². The van der Waals surface area contributed by atoms with Crippen molar-refractivity contribution in [1.82, 2.24) is 10.6 Å². The minimum atomic E-state index is 0.210. The molecule has 0 bridgehead atoms. The van der Waals surface area contributed by atoms with Crippen LogP contribution in [0.15, 0.2) is 0 Å². The van der Waals surface area contributed by atoms with Crippen LogP contribution in [0.25, 0.3) is 0 Å². The minimum absolute atomic E-state index is 0.210. The molecule has 2 N–H and O–H groups in total. The second kappa shape index (κ2) is 7.56. The van der Waals surface area contributed by atoms with Gasteiger partial charge in [-0.25, -0.2) is 0 Å². The van der Waals surface area contributed by atoms with E-state index < -0.39 is 0 Å². The van der Waals surface area contributed by atoms with E-state index in [0.29, 0.717) is 6.17 Å². The number of hydrogen-bond donors (Lipinski definition) is 2. The molecular formula is C10H26N2. The van der Waals surface area contributed by atoms with Crippen LogP contribution >= 0.6 is 0 Å². The maximum Gasteiger partial charge on any atom is 0.0546 e. The quantitative estimate of drug-likeness (QED) is 0.642. The van der Waals surface area contributed by atoms with Gasteiger partial charge in [0.15, 0.2) is 0 Å². The van der Waals surface area contributed by atoms with E-state index in [1.807, 2.05) is 13.8 Å². The van der Waals surface area contributed by atoms with Crippen molar-refractivity contribution in [3.05, 3.63) is 0 Å². The first-order valence-corrected chi connectivity index (χ1v) is 4.97. The summed E-state index contributed by atoms with van der Waals surface area (Å²) in [6.45, 7) is 15.8.